The second kappa shape index (κ2) is 5.66. The van der Waals surface area contributed by atoms with E-state index in [0.717, 1.165) is 30.5 Å². The minimum absolute atomic E-state index is 0.0474. The maximum atomic E-state index is 12.9. The van der Waals surface area contributed by atoms with Crippen LogP contribution in [0.15, 0.2) is 24.3 Å². The molecule has 4 aliphatic rings. The van der Waals surface area contributed by atoms with E-state index in [9.17, 15) is 4.79 Å². The summed E-state index contributed by atoms with van der Waals surface area (Å²) in [4.78, 5) is 15.5. The Bertz CT molecular complexity index is 960. The number of aromatic nitrogens is 2. The van der Waals surface area contributed by atoms with Crippen LogP contribution in [0, 0.1) is 5.92 Å². The number of ether oxygens (including phenoxy) is 1. The first-order valence-corrected chi connectivity index (χ1v) is 10.1. The number of carbonyl (C=O) groups excluding carboxylic acids is 1. The molecule has 6 rings (SSSR count). The highest BCUT2D eigenvalue weighted by Gasteiger charge is 2.63. The summed E-state index contributed by atoms with van der Waals surface area (Å²) < 4.78 is 5.39. The van der Waals surface area contributed by atoms with Crippen LogP contribution in [-0.4, -0.2) is 58.9 Å². The van der Waals surface area contributed by atoms with E-state index in [1.165, 1.54) is 36.9 Å². The molecule has 6 nitrogen and oxygen atoms in total. The minimum atomic E-state index is -0.0474. The molecular formula is C21H24N4O2. The van der Waals surface area contributed by atoms with Crippen LogP contribution in [0.5, 0.6) is 0 Å². The molecule has 1 spiro atoms. The van der Waals surface area contributed by atoms with Crippen LogP contribution in [0.4, 0.5) is 0 Å². The summed E-state index contributed by atoms with van der Waals surface area (Å²) in [6.45, 7) is 3.63. The second-order valence-corrected chi connectivity index (χ2v) is 8.41. The molecule has 3 aliphatic heterocycles. The standard InChI is InChI=1S/C21H24N4O2/c26-20(22-18-12-25-8-7-21(25)6-3-16(18)21)19-15-2-1-14(11-17(15)23-24-19)13-4-9-27-10-5-13/h1-2,4,11,16,18H,3,5-10,12H2,(H,22,26)(H,23,24)/t16?,18-,21?/m1/s1. The minimum Gasteiger partial charge on any atom is -0.377 e. The van der Waals surface area contributed by atoms with Gasteiger partial charge in [-0.2, -0.15) is 5.10 Å². The van der Waals surface area contributed by atoms with Crippen molar-refractivity contribution in [1.82, 2.24) is 20.4 Å². The molecule has 2 saturated heterocycles. The smallest absolute Gasteiger partial charge is 0.272 e. The zero-order valence-electron chi connectivity index (χ0n) is 15.3. The van der Waals surface area contributed by atoms with Crippen molar-refractivity contribution in [2.24, 2.45) is 5.92 Å². The monoisotopic (exact) mass is 364 g/mol. The van der Waals surface area contributed by atoms with E-state index in [0.29, 0.717) is 23.8 Å². The number of H-pyrrole nitrogens is 1. The maximum absolute atomic E-state index is 12.9. The van der Waals surface area contributed by atoms with E-state index >= 15 is 0 Å². The summed E-state index contributed by atoms with van der Waals surface area (Å²) in [5, 5.41) is 11.6. The molecule has 2 N–H and O–H groups in total. The highest BCUT2D eigenvalue weighted by atomic mass is 16.5. The molecule has 1 amide bonds. The van der Waals surface area contributed by atoms with Gasteiger partial charge in [-0.05, 0) is 54.9 Å². The number of fused-ring (bicyclic) bond motifs is 1. The van der Waals surface area contributed by atoms with Crippen LogP contribution >= 0.6 is 0 Å². The Kier molecular flexibility index (Phi) is 3.32. The Hall–Kier alpha value is -2.18. The fraction of sp³-hybridized carbons (Fsp3) is 0.524. The Labute approximate surface area is 157 Å². The van der Waals surface area contributed by atoms with Crippen molar-refractivity contribution >= 4 is 22.4 Å². The molecule has 2 unspecified atom stereocenters. The second-order valence-electron chi connectivity index (χ2n) is 8.41. The molecule has 4 heterocycles. The summed E-state index contributed by atoms with van der Waals surface area (Å²) in [5.74, 6) is 0.585. The van der Waals surface area contributed by atoms with Crippen molar-refractivity contribution in [1.29, 1.82) is 0 Å². The molecule has 1 aromatic heterocycles. The summed E-state index contributed by atoms with van der Waals surface area (Å²) in [6, 6.07) is 6.48. The van der Waals surface area contributed by atoms with Gasteiger partial charge in [0.05, 0.1) is 18.7 Å². The van der Waals surface area contributed by atoms with Gasteiger partial charge in [-0.25, -0.2) is 0 Å². The van der Waals surface area contributed by atoms with Crippen molar-refractivity contribution < 1.29 is 9.53 Å². The molecule has 2 aromatic rings. The van der Waals surface area contributed by atoms with Gasteiger partial charge in [-0.3, -0.25) is 14.8 Å². The van der Waals surface area contributed by atoms with Crippen LogP contribution in [0.3, 0.4) is 0 Å². The molecule has 1 aliphatic carbocycles. The van der Waals surface area contributed by atoms with Gasteiger partial charge in [0.25, 0.3) is 5.91 Å². The molecular weight excluding hydrogens is 340 g/mol. The number of rotatable bonds is 3. The summed E-state index contributed by atoms with van der Waals surface area (Å²) in [6.07, 6.45) is 6.91. The first kappa shape index (κ1) is 15.8. The summed E-state index contributed by atoms with van der Waals surface area (Å²) >= 11 is 0. The average Bonchev–Trinajstić information content (AvgIpc) is 3.13. The largest absolute Gasteiger partial charge is 0.377 e. The van der Waals surface area contributed by atoms with Crippen LogP contribution in [-0.2, 0) is 4.74 Å². The normalized spacial score (nSPS) is 32.2. The Morgan fingerprint density at radius 2 is 2.33 bits per heavy atom. The van der Waals surface area contributed by atoms with Crippen LogP contribution in [0.25, 0.3) is 16.5 Å². The van der Waals surface area contributed by atoms with Crippen molar-refractivity contribution in [2.75, 3.05) is 26.3 Å². The van der Waals surface area contributed by atoms with Gasteiger partial charge in [-0.15, -0.1) is 0 Å². The molecule has 1 aromatic carbocycles. The van der Waals surface area contributed by atoms with E-state index in [2.05, 4.69) is 38.6 Å². The van der Waals surface area contributed by atoms with Crippen molar-refractivity contribution in [2.45, 2.75) is 37.3 Å². The van der Waals surface area contributed by atoms with Gasteiger partial charge in [0.1, 0.15) is 0 Å². The van der Waals surface area contributed by atoms with Crippen molar-refractivity contribution in [3.8, 4) is 0 Å². The van der Waals surface area contributed by atoms with E-state index in [1.54, 1.807) is 0 Å². The highest BCUT2D eigenvalue weighted by Crippen LogP contribution is 2.57. The zero-order chi connectivity index (χ0) is 18.0. The molecule has 1 saturated carbocycles. The lowest BCUT2D eigenvalue weighted by Gasteiger charge is -2.58. The molecule has 0 radical (unpaired) electrons. The molecule has 27 heavy (non-hydrogen) atoms. The Morgan fingerprint density at radius 1 is 1.37 bits per heavy atom. The summed E-state index contributed by atoms with van der Waals surface area (Å²) in [7, 11) is 0. The fourth-order valence-corrected chi connectivity index (χ4v) is 5.68. The zero-order valence-corrected chi connectivity index (χ0v) is 15.3. The number of carbonyl (C=O) groups is 1. The number of nitrogens with one attached hydrogen (secondary N) is 2. The quantitative estimate of drug-likeness (QED) is 0.877. The molecule has 3 atom stereocenters. The fourth-order valence-electron chi connectivity index (χ4n) is 5.68. The van der Waals surface area contributed by atoms with Gasteiger partial charge >= 0.3 is 0 Å². The maximum Gasteiger partial charge on any atom is 0.272 e. The van der Waals surface area contributed by atoms with Crippen molar-refractivity contribution in [3.05, 3.63) is 35.5 Å². The number of hydrogen-bond acceptors (Lipinski definition) is 4. The van der Waals surface area contributed by atoms with Crippen LogP contribution in [0.1, 0.15) is 41.7 Å². The van der Waals surface area contributed by atoms with Gasteiger partial charge in [0, 0.05) is 30.1 Å². The number of nitrogens with zero attached hydrogens (tertiary/aromatic N) is 2. The van der Waals surface area contributed by atoms with E-state index in [-0.39, 0.29) is 11.9 Å². The topological polar surface area (TPSA) is 70.2 Å². The summed E-state index contributed by atoms with van der Waals surface area (Å²) in [5.41, 5.74) is 4.34. The van der Waals surface area contributed by atoms with E-state index in [4.69, 9.17) is 4.74 Å². The third kappa shape index (κ3) is 2.20. The van der Waals surface area contributed by atoms with Gasteiger partial charge in [-0.1, -0.05) is 12.1 Å². The average molecular weight is 364 g/mol. The Morgan fingerprint density at radius 3 is 3.04 bits per heavy atom. The van der Waals surface area contributed by atoms with Crippen molar-refractivity contribution in [3.63, 3.8) is 0 Å². The number of aromatic amines is 1. The number of benzene rings is 1. The van der Waals surface area contributed by atoms with Gasteiger partial charge in [0.15, 0.2) is 5.69 Å². The molecule has 3 fully saturated rings. The van der Waals surface area contributed by atoms with Gasteiger partial charge in [0.2, 0.25) is 0 Å². The number of hydrogen-bond donors (Lipinski definition) is 2. The first-order chi connectivity index (χ1) is 13.2. The molecule has 140 valence electrons. The third-order valence-electron chi connectivity index (χ3n) is 7.35. The van der Waals surface area contributed by atoms with Crippen LogP contribution in [0.2, 0.25) is 0 Å². The van der Waals surface area contributed by atoms with E-state index in [1.807, 2.05) is 6.07 Å². The molecule has 0 bridgehead atoms. The predicted molar refractivity (Wildman–Crippen MR) is 102 cm³/mol. The van der Waals surface area contributed by atoms with Gasteiger partial charge < -0.3 is 10.1 Å². The first-order valence-electron chi connectivity index (χ1n) is 10.1. The third-order valence-corrected chi connectivity index (χ3v) is 7.35. The Balaban J connectivity index is 1.24. The lowest BCUT2D eigenvalue weighted by molar-refractivity contribution is -0.0676. The lowest BCUT2D eigenvalue weighted by Crippen LogP contribution is -2.64. The van der Waals surface area contributed by atoms with E-state index < -0.39 is 0 Å². The highest BCUT2D eigenvalue weighted by molar-refractivity contribution is 6.05. The lowest BCUT2D eigenvalue weighted by atomic mass is 9.61. The number of amides is 1. The van der Waals surface area contributed by atoms with Crippen LogP contribution < -0.4 is 5.32 Å². The predicted octanol–water partition coefficient (Wildman–Crippen LogP) is 2.33. The molecule has 6 heteroatoms. The SMILES string of the molecule is O=C(N[C@@H]1CN2CCC23CCC13)c1n[nH]c2cc(C3=CCOCC3)ccc12.